The number of thiazole rings is 1. The number of nitrogens with one attached hydrogen (secondary N) is 1. The summed E-state index contributed by atoms with van der Waals surface area (Å²) >= 11 is 1.49. The van der Waals surface area contributed by atoms with Crippen LogP contribution in [0.25, 0.3) is 0 Å². The third-order valence-corrected chi connectivity index (χ3v) is 5.49. The number of aromatic nitrogens is 1. The lowest BCUT2D eigenvalue weighted by Crippen LogP contribution is -2.39. The topological polar surface area (TPSA) is 68.0 Å². The fraction of sp³-hybridized carbons (Fsp3) is 0.765. The summed E-state index contributed by atoms with van der Waals surface area (Å²) < 4.78 is 0. The van der Waals surface area contributed by atoms with E-state index < -0.39 is 0 Å². The molecule has 0 spiro atoms. The molecular formula is C17H29N3OS. The first kappa shape index (κ1) is 17.4. The van der Waals surface area contributed by atoms with Crippen LogP contribution in [0.2, 0.25) is 0 Å². The van der Waals surface area contributed by atoms with Gasteiger partial charge in [-0.15, -0.1) is 11.3 Å². The molecule has 1 heterocycles. The molecule has 0 saturated heterocycles. The highest BCUT2D eigenvalue weighted by Crippen LogP contribution is 2.27. The van der Waals surface area contributed by atoms with Crippen LogP contribution in [0.4, 0.5) is 0 Å². The highest BCUT2D eigenvalue weighted by molar-refractivity contribution is 7.09. The lowest BCUT2D eigenvalue weighted by Gasteiger charge is -2.28. The molecule has 5 heteroatoms. The van der Waals surface area contributed by atoms with Crippen LogP contribution in [0.5, 0.6) is 0 Å². The quantitative estimate of drug-likeness (QED) is 0.834. The molecule has 0 aromatic carbocycles. The predicted octanol–water partition coefficient (Wildman–Crippen LogP) is 3.89. The molecule has 1 amide bonds. The molecule has 4 nitrogen and oxygen atoms in total. The van der Waals surface area contributed by atoms with Gasteiger partial charge in [0.05, 0.1) is 6.04 Å². The molecule has 22 heavy (non-hydrogen) atoms. The van der Waals surface area contributed by atoms with Gasteiger partial charge in [-0.25, -0.2) is 4.98 Å². The molecule has 1 aliphatic carbocycles. The lowest BCUT2D eigenvalue weighted by molar-refractivity contribution is 0.0914. The summed E-state index contributed by atoms with van der Waals surface area (Å²) in [6.45, 7) is 6.41. The second-order valence-electron chi connectivity index (χ2n) is 6.97. The molecule has 2 atom stereocenters. The second-order valence-corrected chi connectivity index (χ2v) is 7.86. The second kappa shape index (κ2) is 8.06. The third kappa shape index (κ3) is 4.78. The highest BCUT2D eigenvalue weighted by atomic mass is 32.1. The van der Waals surface area contributed by atoms with Gasteiger partial charge >= 0.3 is 0 Å². The molecule has 1 aliphatic rings. The fourth-order valence-electron chi connectivity index (χ4n) is 3.20. The summed E-state index contributed by atoms with van der Waals surface area (Å²) in [5, 5.41) is 5.82. The molecule has 3 N–H and O–H groups in total. The Morgan fingerprint density at radius 2 is 2.05 bits per heavy atom. The van der Waals surface area contributed by atoms with Crippen molar-refractivity contribution in [1.29, 1.82) is 0 Å². The van der Waals surface area contributed by atoms with Gasteiger partial charge in [-0.1, -0.05) is 33.1 Å². The minimum absolute atomic E-state index is 0.0580. The van der Waals surface area contributed by atoms with E-state index in [1.807, 2.05) is 5.38 Å². The van der Waals surface area contributed by atoms with Crippen molar-refractivity contribution < 1.29 is 4.79 Å². The molecule has 124 valence electrons. The van der Waals surface area contributed by atoms with E-state index in [4.69, 9.17) is 5.73 Å². The monoisotopic (exact) mass is 323 g/mol. The number of amides is 1. The first-order chi connectivity index (χ1) is 10.5. The van der Waals surface area contributed by atoms with Crippen LogP contribution in [0.3, 0.4) is 0 Å². The van der Waals surface area contributed by atoms with E-state index in [0.717, 1.165) is 11.4 Å². The molecular weight excluding hydrogens is 294 g/mol. The van der Waals surface area contributed by atoms with E-state index in [-0.39, 0.29) is 18.0 Å². The fourth-order valence-corrected chi connectivity index (χ4v) is 4.02. The Bertz CT molecular complexity index is 480. The average Bonchev–Trinajstić information content (AvgIpc) is 2.97. The maximum absolute atomic E-state index is 12.3. The van der Waals surface area contributed by atoms with E-state index in [1.165, 1.54) is 43.4 Å². The van der Waals surface area contributed by atoms with Gasteiger partial charge in [-0.2, -0.15) is 0 Å². The van der Waals surface area contributed by atoms with Crippen LogP contribution in [0.15, 0.2) is 5.38 Å². The number of carbonyl (C=O) groups excluding carboxylic acids is 1. The van der Waals surface area contributed by atoms with Gasteiger partial charge in [-0.05, 0) is 38.0 Å². The van der Waals surface area contributed by atoms with Gasteiger partial charge in [-0.3, -0.25) is 4.79 Å². The number of nitrogens with zero attached hydrogens (tertiary/aromatic N) is 1. The molecule has 0 bridgehead atoms. The molecule has 1 saturated carbocycles. The van der Waals surface area contributed by atoms with Crippen molar-refractivity contribution in [3.05, 3.63) is 16.1 Å². The lowest BCUT2D eigenvalue weighted by atomic mass is 9.84. The maximum Gasteiger partial charge on any atom is 0.270 e. The smallest absolute Gasteiger partial charge is 0.270 e. The largest absolute Gasteiger partial charge is 0.348 e. The van der Waals surface area contributed by atoms with Crippen molar-refractivity contribution in [2.75, 3.05) is 0 Å². The van der Waals surface area contributed by atoms with E-state index in [9.17, 15) is 4.79 Å². The zero-order chi connectivity index (χ0) is 16.1. The zero-order valence-electron chi connectivity index (χ0n) is 14.0. The van der Waals surface area contributed by atoms with Gasteiger partial charge in [0, 0.05) is 11.4 Å². The normalized spacial score (nSPS) is 19.1. The van der Waals surface area contributed by atoms with Crippen LogP contribution in [0.1, 0.15) is 80.8 Å². The van der Waals surface area contributed by atoms with Crippen molar-refractivity contribution in [3.63, 3.8) is 0 Å². The molecule has 0 radical (unpaired) electrons. The molecule has 1 aromatic heterocycles. The highest BCUT2D eigenvalue weighted by Gasteiger charge is 2.23. The van der Waals surface area contributed by atoms with Crippen molar-refractivity contribution >= 4 is 17.2 Å². The number of hydrogen-bond acceptors (Lipinski definition) is 4. The Morgan fingerprint density at radius 1 is 1.36 bits per heavy atom. The summed E-state index contributed by atoms with van der Waals surface area (Å²) in [5.41, 5.74) is 6.66. The van der Waals surface area contributed by atoms with E-state index in [2.05, 4.69) is 31.1 Å². The molecule has 1 fully saturated rings. The number of hydrogen-bond donors (Lipinski definition) is 2. The predicted molar refractivity (Wildman–Crippen MR) is 92.0 cm³/mol. The summed E-state index contributed by atoms with van der Waals surface area (Å²) in [6.07, 6.45) is 7.25. The van der Waals surface area contributed by atoms with Crippen LogP contribution in [-0.2, 0) is 0 Å². The van der Waals surface area contributed by atoms with Gasteiger partial charge in [0.1, 0.15) is 10.7 Å². The Morgan fingerprint density at radius 3 is 2.68 bits per heavy atom. The van der Waals surface area contributed by atoms with Crippen LogP contribution < -0.4 is 11.1 Å². The number of carbonyl (C=O) groups is 1. The molecule has 0 aliphatic heterocycles. The molecule has 2 unspecified atom stereocenters. The Labute approximate surface area is 137 Å². The van der Waals surface area contributed by atoms with Crippen molar-refractivity contribution in [3.8, 4) is 0 Å². The van der Waals surface area contributed by atoms with Crippen LogP contribution in [-0.4, -0.2) is 16.9 Å². The number of rotatable bonds is 6. The SMILES string of the molecule is CC(C)CC(N)c1nc(C(=O)NC(C)C2CCCCC2)cs1. The first-order valence-electron chi connectivity index (χ1n) is 8.49. The standard InChI is InChI=1S/C17H29N3OS/c1-11(2)9-14(18)17-20-15(10-22-17)16(21)19-12(3)13-7-5-4-6-8-13/h10-14H,4-9,18H2,1-3H3,(H,19,21). The minimum Gasteiger partial charge on any atom is -0.348 e. The maximum atomic E-state index is 12.3. The molecule has 1 aromatic rings. The first-order valence-corrected chi connectivity index (χ1v) is 9.37. The zero-order valence-corrected chi connectivity index (χ0v) is 14.8. The Kier molecular flexibility index (Phi) is 6.38. The van der Waals surface area contributed by atoms with Crippen molar-refractivity contribution in [1.82, 2.24) is 10.3 Å². The third-order valence-electron chi connectivity index (χ3n) is 4.51. The Hall–Kier alpha value is -0.940. The summed E-state index contributed by atoms with van der Waals surface area (Å²) in [4.78, 5) is 16.8. The Balaban J connectivity index is 1.91. The van der Waals surface area contributed by atoms with Crippen molar-refractivity contribution in [2.24, 2.45) is 17.6 Å². The summed E-state index contributed by atoms with van der Waals surface area (Å²) in [6, 6.07) is 0.157. The number of nitrogens with two attached hydrogens (primary N) is 1. The van der Waals surface area contributed by atoms with Crippen LogP contribution in [0, 0.1) is 11.8 Å². The minimum atomic E-state index is -0.0673. The van der Waals surface area contributed by atoms with E-state index in [0.29, 0.717) is 17.5 Å². The van der Waals surface area contributed by atoms with Crippen LogP contribution >= 0.6 is 11.3 Å². The summed E-state index contributed by atoms with van der Waals surface area (Å²) in [5.74, 6) is 1.08. The van der Waals surface area contributed by atoms with Gasteiger partial charge in [0.25, 0.3) is 5.91 Å². The van der Waals surface area contributed by atoms with E-state index in [1.54, 1.807) is 0 Å². The van der Waals surface area contributed by atoms with Gasteiger partial charge in [0.15, 0.2) is 0 Å². The average molecular weight is 324 g/mol. The van der Waals surface area contributed by atoms with Gasteiger partial charge in [0.2, 0.25) is 0 Å². The van der Waals surface area contributed by atoms with Crippen molar-refractivity contribution in [2.45, 2.75) is 71.4 Å². The van der Waals surface area contributed by atoms with E-state index >= 15 is 0 Å². The van der Waals surface area contributed by atoms with Gasteiger partial charge < -0.3 is 11.1 Å². The molecule has 2 rings (SSSR count). The summed E-state index contributed by atoms with van der Waals surface area (Å²) in [7, 11) is 0.